The zero-order chi connectivity index (χ0) is 25.8. The van der Waals surface area contributed by atoms with Crippen LogP contribution in [-0.4, -0.2) is 61.7 Å². The van der Waals surface area contributed by atoms with E-state index in [1.165, 1.54) is 16.8 Å². The van der Waals surface area contributed by atoms with Crippen LogP contribution >= 0.6 is 0 Å². The van der Waals surface area contributed by atoms with Crippen molar-refractivity contribution in [3.05, 3.63) is 29.3 Å². The van der Waals surface area contributed by atoms with Crippen molar-refractivity contribution < 1.29 is 18.0 Å². The maximum atomic E-state index is 13.6. The van der Waals surface area contributed by atoms with Crippen LogP contribution in [0.25, 0.3) is 0 Å². The van der Waals surface area contributed by atoms with Crippen LogP contribution in [0.15, 0.2) is 23.1 Å². The molecule has 1 aliphatic heterocycles. The Morgan fingerprint density at radius 2 is 1.83 bits per heavy atom. The Hall–Kier alpha value is -1.93. The highest BCUT2D eigenvalue weighted by Gasteiger charge is 2.59. The number of hydrogen-bond acceptors (Lipinski definition) is 4. The second kappa shape index (κ2) is 9.18. The lowest BCUT2D eigenvalue weighted by atomic mass is 9.68. The first-order chi connectivity index (χ1) is 16.3. The summed E-state index contributed by atoms with van der Waals surface area (Å²) in [6.45, 7) is 14.1. The number of aryl methyl sites for hydroxylation is 1. The Bertz CT molecular complexity index is 1110. The van der Waals surface area contributed by atoms with Gasteiger partial charge in [-0.3, -0.25) is 9.59 Å². The van der Waals surface area contributed by atoms with Crippen molar-refractivity contribution in [2.45, 2.75) is 78.2 Å². The molecule has 2 saturated carbocycles. The first-order valence-corrected chi connectivity index (χ1v) is 14.5. The minimum Gasteiger partial charge on any atom is -0.348 e. The molecule has 2 amide bonds. The molecule has 4 rings (SSSR count). The second-order valence-corrected chi connectivity index (χ2v) is 13.6. The molecule has 1 N–H and O–H groups in total. The molecule has 1 aromatic carbocycles. The first kappa shape index (κ1) is 26.1. The van der Waals surface area contributed by atoms with Gasteiger partial charge in [0.15, 0.2) is 0 Å². The molecule has 2 bridgehead atoms. The van der Waals surface area contributed by atoms with Gasteiger partial charge in [-0.2, -0.15) is 4.31 Å². The molecule has 0 spiro atoms. The molecule has 35 heavy (non-hydrogen) atoms. The zero-order valence-electron chi connectivity index (χ0n) is 22.1. The van der Waals surface area contributed by atoms with Gasteiger partial charge < -0.3 is 10.2 Å². The SMILES string of the molecule is CCN(CC)C(=O)C1CCN(S(=O)(=O)c2cc(C(=O)NC3C(C)(C)[C@H]4CC[C@@]3(C)C4)ccc2C)C1. The molecular formula is C27H41N3O4S. The zero-order valence-corrected chi connectivity index (χ0v) is 22.9. The highest BCUT2D eigenvalue weighted by molar-refractivity contribution is 7.89. The van der Waals surface area contributed by atoms with Crippen LogP contribution in [0.5, 0.6) is 0 Å². The molecule has 3 aliphatic rings. The molecule has 0 aromatic heterocycles. The molecule has 3 fully saturated rings. The maximum absolute atomic E-state index is 13.6. The number of hydrogen-bond donors (Lipinski definition) is 1. The molecule has 2 unspecified atom stereocenters. The van der Waals surface area contributed by atoms with Crippen LogP contribution in [0, 0.1) is 29.6 Å². The maximum Gasteiger partial charge on any atom is 0.251 e. The van der Waals surface area contributed by atoms with Crippen molar-refractivity contribution in [3.63, 3.8) is 0 Å². The van der Waals surface area contributed by atoms with E-state index in [1.54, 1.807) is 24.0 Å². The van der Waals surface area contributed by atoms with Crippen molar-refractivity contribution in [1.82, 2.24) is 14.5 Å². The van der Waals surface area contributed by atoms with Crippen molar-refractivity contribution >= 4 is 21.8 Å². The van der Waals surface area contributed by atoms with Gasteiger partial charge >= 0.3 is 0 Å². The minimum atomic E-state index is -3.82. The fourth-order valence-electron chi connectivity index (χ4n) is 6.98. The molecule has 1 saturated heterocycles. The van der Waals surface area contributed by atoms with E-state index in [0.717, 1.165) is 12.8 Å². The van der Waals surface area contributed by atoms with Crippen LogP contribution < -0.4 is 5.32 Å². The van der Waals surface area contributed by atoms with Crippen LogP contribution in [0.3, 0.4) is 0 Å². The molecule has 7 nitrogen and oxygen atoms in total. The second-order valence-electron chi connectivity index (χ2n) is 11.7. The van der Waals surface area contributed by atoms with Crippen LogP contribution in [0.4, 0.5) is 0 Å². The summed E-state index contributed by atoms with van der Waals surface area (Å²) in [5.74, 6) is 0.0787. The predicted molar refractivity (Wildman–Crippen MR) is 136 cm³/mol. The van der Waals surface area contributed by atoms with Gasteiger partial charge in [-0.25, -0.2) is 8.42 Å². The summed E-state index contributed by atoms with van der Waals surface area (Å²) in [5, 5.41) is 3.27. The Morgan fingerprint density at radius 1 is 1.14 bits per heavy atom. The summed E-state index contributed by atoms with van der Waals surface area (Å²) >= 11 is 0. The fraction of sp³-hybridized carbons (Fsp3) is 0.704. The molecule has 2 aliphatic carbocycles. The predicted octanol–water partition coefficient (Wildman–Crippen LogP) is 3.82. The number of nitrogens with one attached hydrogen (secondary N) is 1. The Balaban J connectivity index is 1.53. The van der Waals surface area contributed by atoms with Crippen molar-refractivity contribution in [2.24, 2.45) is 22.7 Å². The van der Waals surface area contributed by atoms with Gasteiger partial charge in [0.1, 0.15) is 0 Å². The molecular weight excluding hydrogens is 462 g/mol. The third-order valence-electron chi connectivity index (χ3n) is 9.19. The number of nitrogens with zero attached hydrogens (tertiary/aromatic N) is 2. The van der Waals surface area contributed by atoms with E-state index in [4.69, 9.17) is 0 Å². The lowest BCUT2D eigenvalue weighted by molar-refractivity contribution is -0.134. The van der Waals surface area contributed by atoms with Gasteiger partial charge in [0.25, 0.3) is 5.91 Å². The molecule has 4 atom stereocenters. The summed E-state index contributed by atoms with van der Waals surface area (Å²) in [7, 11) is -3.82. The highest BCUT2D eigenvalue weighted by Crippen LogP contribution is 2.62. The monoisotopic (exact) mass is 503 g/mol. The van der Waals surface area contributed by atoms with E-state index >= 15 is 0 Å². The topological polar surface area (TPSA) is 86.8 Å². The lowest BCUT2D eigenvalue weighted by Crippen LogP contribution is -2.52. The van der Waals surface area contributed by atoms with E-state index in [-0.39, 0.29) is 46.0 Å². The summed E-state index contributed by atoms with van der Waals surface area (Å²) < 4.78 is 28.6. The van der Waals surface area contributed by atoms with Gasteiger partial charge in [0.2, 0.25) is 15.9 Å². The number of benzene rings is 1. The van der Waals surface area contributed by atoms with Gasteiger partial charge in [-0.1, -0.05) is 26.8 Å². The summed E-state index contributed by atoms with van der Waals surface area (Å²) in [6, 6.07) is 5.00. The van der Waals surface area contributed by atoms with E-state index < -0.39 is 10.0 Å². The van der Waals surface area contributed by atoms with E-state index in [0.29, 0.717) is 43.1 Å². The summed E-state index contributed by atoms with van der Waals surface area (Å²) in [5.41, 5.74) is 1.08. The van der Waals surface area contributed by atoms with Crippen LogP contribution in [-0.2, 0) is 14.8 Å². The molecule has 194 valence electrons. The van der Waals surface area contributed by atoms with E-state index in [9.17, 15) is 18.0 Å². The first-order valence-electron chi connectivity index (χ1n) is 13.1. The standard InChI is InChI=1S/C27H41N3O4S/c1-7-29(8-2)24(32)20-12-14-30(17-20)35(33,34)22-15-19(10-9-18(22)3)23(31)28-25-26(4,5)21-11-13-27(25,6)16-21/h9-10,15,20-21,25H,7-8,11-14,16-17H2,1-6H3,(H,28,31)/t20?,21-,25?,27-/m0/s1. The van der Waals surface area contributed by atoms with Gasteiger partial charge in [-0.05, 0) is 80.9 Å². The van der Waals surface area contributed by atoms with Crippen molar-refractivity contribution in [3.8, 4) is 0 Å². The smallest absolute Gasteiger partial charge is 0.251 e. The van der Waals surface area contributed by atoms with Crippen LogP contribution in [0.2, 0.25) is 0 Å². The summed E-state index contributed by atoms with van der Waals surface area (Å²) in [6.07, 6.45) is 3.96. The molecule has 1 heterocycles. The number of carbonyl (C=O) groups is 2. The lowest BCUT2D eigenvalue weighted by Gasteiger charge is -2.43. The molecule has 0 radical (unpaired) electrons. The van der Waals surface area contributed by atoms with Crippen molar-refractivity contribution in [1.29, 1.82) is 0 Å². The van der Waals surface area contributed by atoms with Gasteiger partial charge in [0.05, 0.1) is 10.8 Å². The van der Waals surface area contributed by atoms with Gasteiger partial charge in [0, 0.05) is 37.8 Å². The van der Waals surface area contributed by atoms with Gasteiger partial charge in [-0.15, -0.1) is 0 Å². The minimum absolute atomic E-state index is 0.0134. The molecule has 1 aromatic rings. The third-order valence-corrected chi connectivity index (χ3v) is 11.2. The third kappa shape index (κ3) is 4.41. The number of rotatable bonds is 7. The number of sulfonamides is 1. The number of fused-ring (bicyclic) bond motifs is 2. The largest absolute Gasteiger partial charge is 0.348 e. The average molecular weight is 504 g/mol. The highest BCUT2D eigenvalue weighted by atomic mass is 32.2. The normalized spacial score (nSPS) is 29.9. The van der Waals surface area contributed by atoms with E-state index in [2.05, 4.69) is 26.1 Å². The number of amides is 2. The average Bonchev–Trinajstić information content (AvgIpc) is 3.50. The fourth-order valence-corrected chi connectivity index (χ4v) is 8.73. The van der Waals surface area contributed by atoms with Crippen molar-refractivity contribution in [2.75, 3.05) is 26.2 Å². The Kier molecular flexibility index (Phi) is 6.86. The number of carbonyl (C=O) groups excluding carboxylic acids is 2. The Labute approximate surface area is 210 Å². The Morgan fingerprint density at radius 3 is 2.43 bits per heavy atom. The molecule has 8 heteroatoms. The van der Waals surface area contributed by atoms with E-state index in [1.807, 2.05) is 13.8 Å². The quantitative estimate of drug-likeness (QED) is 0.613. The van der Waals surface area contributed by atoms with Crippen LogP contribution in [0.1, 0.15) is 76.2 Å². The summed E-state index contributed by atoms with van der Waals surface area (Å²) in [4.78, 5) is 28.0.